The van der Waals surface area contributed by atoms with E-state index in [0.29, 0.717) is 22.0 Å². The van der Waals surface area contributed by atoms with Gasteiger partial charge in [0.1, 0.15) is 4.99 Å². The highest BCUT2D eigenvalue weighted by Gasteiger charge is 2.15. The molecule has 3 N–H and O–H groups in total. The van der Waals surface area contributed by atoms with Gasteiger partial charge in [-0.2, -0.15) is 0 Å². The van der Waals surface area contributed by atoms with E-state index in [2.05, 4.69) is 10.3 Å². The molecule has 0 aliphatic carbocycles. The van der Waals surface area contributed by atoms with E-state index < -0.39 is 5.91 Å². The Kier molecular flexibility index (Phi) is 3.82. The summed E-state index contributed by atoms with van der Waals surface area (Å²) in [7, 11) is 0. The number of hydrogen-bond acceptors (Lipinski definition) is 4. The van der Waals surface area contributed by atoms with Crippen molar-refractivity contribution in [2.45, 2.75) is 6.92 Å². The maximum Gasteiger partial charge on any atom is 0.293 e. The zero-order chi connectivity index (χ0) is 14.0. The lowest BCUT2D eigenvalue weighted by Gasteiger charge is -2.08. The number of nitrogens with zero attached hydrogens (tertiary/aromatic N) is 1. The van der Waals surface area contributed by atoms with Crippen molar-refractivity contribution in [2.75, 3.05) is 5.32 Å². The predicted octanol–water partition coefficient (Wildman–Crippen LogP) is 2.52. The highest BCUT2D eigenvalue weighted by molar-refractivity contribution is 7.80. The summed E-state index contributed by atoms with van der Waals surface area (Å²) in [5, 5.41) is 3.01. The number of aromatic nitrogens is 1. The number of nitrogens with one attached hydrogen (secondary N) is 1. The molecule has 98 valence electrons. The van der Waals surface area contributed by atoms with Gasteiger partial charge in [-0.3, -0.25) is 4.79 Å². The predicted molar refractivity (Wildman–Crippen MR) is 76.5 cm³/mol. The second-order valence-electron chi connectivity index (χ2n) is 3.78. The third-order valence-corrected chi connectivity index (χ3v) is 3.02. The van der Waals surface area contributed by atoms with Gasteiger partial charge in [0.2, 0.25) is 5.76 Å². The SMILES string of the molecule is Cc1ncoc1C(=O)Nc1cc(C(N)=S)ccc1Cl. The first-order valence-electron chi connectivity index (χ1n) is 5.30. The third-order valence-electron chi connectivity index (χ3n) is 2.45. The van der Waals surface area contributed by atoms with Gasteiger partial charge in [0.25, 0.3) is 5.91 Å². The number of thiocarbonyl (C=S) groups is 1. The van der Waals surface area contributed by atoms with Crippen LogP contribution >= 0.6 is 23.8 Å². The molecule has 0 spiro atoms. The standard InChI is InChI=1S/C12H10ClN3O2S/c1-6-10(18-5-15-6)12(17)16-9-4-7(11(14)19)2-3-8(9)13/h2-5H,1H3,(H2,14,19)(H,16,17). The van der Waals surface area contributed by atoms with Crippen LogP contribution in [0.1, 0.15) is 21.8 Å². The smallest absolute Gasteiger partial charge is 0.293 e. The molecule has 0 saturated carbocycles. The number of nitrogens with two attached hydrogens (primary N) is 1. The quantitative estimate of drug-likeness (QED) is 0.850. The van der Waals surface area contributed by atoms with E-state index in [-0.39, 0.29) is 10.7 Å². The first-order valence-corrected chi connectivity index (χ1v) is 6.08. The Morgan fingerprint density at radius 2 is 2.26 bits per heavy atom. The summed E-state index contributed by atoms with van der Waals surface area (Å²) >= 11 is 10.9. The number of anilines is 1. The van der Waals surface area contributed by atoms with E-state index >= 15 is 0 Å². The number of rotatable bonds is 3. The summed E-state index contributed by atoms with van der Waals surface area (Å²) in [4.78, 5) is 16.0. The molecule has 2 rings (SSSR count). The van der Waals surface area contributed by atoms with Crippen molar-refractivity contribution in [3.05, 3.63) is 46.6 Å². The topological polar surface area (TPSA) is 81.2 Å². The Morgan fingerprint density at radius 1 is 1.53 bits per heavy atom. The van der Waals surface area contributed by atoms with Gasteiger partial charge in [0, 0.05) is 5.56 Å². The number of aryl methyl sites for hydroxylation is 1. The first kappa shape index (κ1) is 13.5. The van der Waals surface area contributed by atoms with Gasteiger partial charge < -0.3 is 15.5 Å². The lowest BCUT2D eigenvalue weighted by Crippen LogP contribution is -2.14. The molecule has 0 unspecified atom stereocenters. The fraction of sp³-hybridized carbons (Fsp3) is 0.0833. The van der Waals surface area contributed by atoms with Gasteiger partial charge in [-0.1, -0.05) is 29.9 Å². The first-order chi connectivity index (χ1) is 8.99. The highest BCUT2D eigenvalue weighted by atomic mass is 35.5. The summed E-state index contributed by atoms with van der Waals surface area (Å²) in [6.07, 6.45) is 1.21. The average Bonchev–Trinajstić information content (AvgIpc) is 2.78. The number of carbonyl (C=O) groups excluding carboxylic acids is 1. The second-order valence-corrected chi connectivity index (χ2v) is 4.63. The largest absolute Gasteiger partial charge is 0.438 e. The van der Waals surface area contributed by atoms with Crippen LogP contribution in [0.5, 0.6) is 0 Å². The van der Waals surface area contributed by atoms with Gasteiger partial charge >= 0.3 is 0 Å². The van der Waals surface area contributed by atoms with E-state index in [4.69, 9.17) is 34.0 Å². The maximum absolute atomic E-state index is 12.0. The number of hydrogen-bond donors (Lipinski definition) is 2. The summed E-state index contributed by atoms with van der Waals surface area (Å²) in [5.74, 6) is -0.297. The fourth-order valence-electron chi connectivity index (χ4n) is 1.47. The molecule has 0 aliphatic heterocycles. The van der Waals surface area contributed by atoms with E-state index in [9.17, 15) is 4.79 Å². The van der Waals surface area contributed by atoms with Gasteiger partial charge in [-0.15, -0.1) is 0 Å². The van der Waals surface area contributed by atoms with Crippen molar-refractivity contribution in [2.24, 2.45) is 5.73 Å². The number of benzene rings is 1. The van der Waals surface area contributed by atoms with Crippen molar-refractivity contribution in [3.63, 3.8) is 0 Å². The average molecular weight is 296 g/mol. The molecule has 2 aromatic rings. The normalized spacial score (nSPS) is 10.2. The minimum atomic E-state index is -0.433. The van der Waals surface area contributed by atoms with Crippen molar-refractivity contribution >= 4 is 40.4 Å². The molecular formula is C12H10ClN3O2S. The number of amides is 1. The Labute approximate surface area is 119 Å². The molecule has 0 radical (unpaired) electrons. The molecule has 0 saturated heterocycles. The lowest BCUT2D eigenvalue weighted by molar-refractivity contribution is 0.0996. The van der Waals surface area contributed by atoms with Crippen LogP contribution in [0.4, 0.5) is 5.69 Å². The van der Waals surface area contributed by atoms with Gasteiger partial charge in [0.15, 0.2) is 6.39 Å². The summed E-state index contributed by atoms with van der Waals surface area (Å²) in [6, 6.07) is 4.90. The zero-order valence-electron chi connectivity index (χ0n) is 9.94. The van der Waals surface area contributed by atoms with Crippen molar-refractivity contribution in [1.29, 1.82) is 0 Å². The van der Waals surface area contributed by atoms with E-state index in [1.165, 1.54) is 6.39 Å². The van der Waals surface area contributed by atoms with Crippen LogP contribution in [0, 0.1) is 6.92 Å². The molecule has 0 atom stereocenters. The van der Waals surface area contributed by atoms with Crippen LogP contribution in [0.3, 0.4) is 0 Å². The Morgan fingerprint density at radius 3 is 2.84 bits per heavy atom. The third kappa shape index (κ3) is 2.91. The molecule has 7 heteroatoms. The molecule has 0 fully saturated rings. The maximum atomic E-state index is 12.0. The minimum Gasteiger partial charge on any atom is -0.438 e. The lowest BCUT2D eigenvalue weighted by atomic mass is 10.2. The molecule has 1 aromatic heterocycles. The number of oxazole rings is 1. The molecule has 1 heterocycles. The number of halogens is 1. The van der Waals surface area contributed by atoms with Gasteiger partial charge in [0.05, 0.1) is 16.4 Å². The molecule has 0 bridgehead atoms. The van der Waals surface area contributed by atoms with Gasteiger partial charge in [-0.25, -0.2) is 4.98 Å². The van der Waals surface area contributed by atoms with Gasteiger partial charge in [-0.05, 0) is 19.1 Å². The van der Waals surface area contributed by atoms with Crippen LogP contribution in [-0.4, -0.2) is 15.9 Å². The zero-order valence-corrected chi connectivity index (χ0v) is 11.5. The van der Waals surface area contributed by atoms with E-state index in [0.717, 1.165) is 0 Å². The summed E-state index contributed by atoms with van der Waals surface area (Å²) < 4.78 is 5.00. The highest BCUT2D eigenvalue weighted by Crippen LogP contribution is 2.24. The van der Waals surface area contributed by atoms with Crippen molar-refractivity contribution in [1.82, 2.24) is 4.98 Å². The molecule has 1 aromatic carbocycles. The Bertz CT molecular complexity index is 654. The second kappa shape index (κ2) is 5.38. The molecule has 19 heavy (non-hydrogen) atoms. The van der Waals surface area contributed by atoms with Crippen LogP contribution in [0.15, 0.2) is 29.0 Å². The minimum absolute atomic E-state index is 0.136. The van der Waals surface area contributed by atoms with E-state index in [1.54, 1.807) is 25.1 Å². The summed E-state index contributed by atoms with van der Waals surface area (Å²) in [5.41, 5.74) is 7.05. The molecular weight excluding hydrogens is 286 g/mol. The van der Waals surface area contributed by atoms with E-state index in [1.807, 2.05) is 0 Å². The fourth-order valence-corrected chi connectivity index (χ4v) is 1.77. The van der Waals surface area contributed by atoms with Crippen LogP contribution in [0.2, 0.25) is 5.02 Å². The molecule has 1 amide bonds. The Balaban J connectivity index is 2.28. The van der Waals surface area contributed by atoms with Crippen LogP contribution in [-0.2, 0) is 0 Å². The molecule has 5 nitrogen and oxygen atoms in total. The number of carbonyl (C=O) groups is 1. The van der Waals surface area contributed by atoms with Crippen molar-refractivity contribution < 1.29 is 9.21 Å². The van der Waals surface area contributed by atoms with Crippen LogP contribution < -0.4 is 11.1 Å². The van der Waals surface area contributed by atoms with Crippen LogP contribution in [0.25, 0.3) is 0 Å². The summed E-state index contributed by atoms with van der Waals surface area (Å²) in [6.45, 7) is 1.67. The van der Waals surface area contributed by atoms with Crippen molar-refractivity contribution in [3.8, 4) is 0 Å². The molecule has 0 aliphatic rings. The Hall–Kier alpha value is -1.92. The monoisotopic (exact) mass is 295 g/mol.